The van der Waals surface area contributed by atoms with Gasteiger partial charge in [-0.25, -0.2) is 13.1 Å². The molecule has 0 aliphatic heterocycles. The van der Waals surface area contributed by atoms with Crippen LogP contribution >= 0.6 is 11.3 Å². The Balaban J connectivity index is 1.94. The largest absolute Gasteiger partial charge is 0.385 e. The topological polar surface area (TPSA) is 67.4 Å². The Morgan fingerprint density at radius 1 is 1.45 bits per heavy atom. The first kappa shape index (κ1) is 15.9. The molecule has 2 N–H and O–H groups in total. The average Bonchev–Trinajstić information content (AvgIpc) is 3.15. The van der Waals surface area contributed by atoms with E-state index in [1.807, 2.05) is 6.92 Å². The lowest BCUT2D eigenvalue weighted by Crippen LogP contribution is -2.24. The Morgan fingerprint density at radius 2 is 2.20 bits per heavy atom. The lowest BCUT2D eigenvalue weighted by atomic mass is 10.3. The number of ether oxygens (including phenoxy) is 1. The van der Waals surface area contributed by atoms with Crippen molar-refractivity contribution in [1.82, 2.24) is 10.0 Å². The highest BCUT2D eigenvalue weighted by Crippen LogP contribution is 2.27. The van der Waals surface area contributed by atoms with E-state index in [1.54, 1.807) is 13.2 Å². The first-order valence-electron chi connectivity index (χ1n) is 6.84. The molecule has 1 saturated carbocycles. The standard InChI is InChI=1S/C13H22N2O3S2/c1-10-8-13(19-12(10)9-14-11-4-5-11)20(16,17)15-6-3-7-18-2/h8,11,14-15H,3-7,9H2,1-2H3. The summed E-state index contributed by atoms with van der Waals surface area (Å²) < 4.78 is 32.2. The van der Waals surface area contributed by atoms with Crippen LogP contribution in [0.2, 0.25) is 0 Å². The van der Waals surface area contributed by atoms with Gasteiger partial charge in [0.2, 0.25) is 10.0 Å². The summed E-state index contributed by atoms with van der Waals surface area (Å²) in [7, 11) is -1.77. The van der Waals surface area contributed by atoms with Crippen LogP contribution in [-0.4, -0.2) is 34.7 Å². The van der Waals surface area contributed by atoms with E-state index in [9.17, 15) is 8.42 Å². The molecule has 0 unspecified atom stereocenters. The molecule has 20 heavy (non-hydrogen) atoms. The fourth-order valence-electron chi connectivity index (χ4n) is 1.82. The number of hydrogen-bond acceptors (Lipinski definition) is 5. The van der Waals surface area contributed by atoms with Crippen LogP contribution in [-0.2, 0) is 21.3 Å². The monoisotopic (exact) mass is 318 g/mol. The Morgan fingerprint density at radius 3 is 2.85 bits per heavy atom. The molecule has 7 heteroatoms. The zero-order valence-electron chi connectivity index (χ0n) is 11.9. The predicted octanol–water partition coefficient (Wildman–Crippen LogP) is 1.62. The molecular formula is C13H22N2O3S2. The molecule has 0 saturated heterocycles. The molecule has 0 aromatic carbocycles. The second-order valence-electron chi connectivity index (χ2n) is 5.07. The summed E-state index contributed by atoms with van der Waals surface area (Å²) in [6.07, 6.45) is 3.14. The molecule has 2 rings (SSSR count). The van der Waals surface area contributed by atoms with Gasteiger partial charge in [-0.1, -0.05) is 0 Å². The van der Waals surface area contributed by atoms with Gasteiger partial charge in [-0.3, -0.25) is 0 Å². The minimum atomic E-state index is -3.38. The number of methoxy groups -OCH3 is 1. The van der Waals surface area contributed by atoms with E-state index in [4.69, 9.17) is 4.74 Å². The molecule has 1 fully saturated rings. The summed E-state index contributed by atoms with van der Waals surface area (Å²) in [6.45, 7) is 3.69. The molecular weight excluding hydrogens is 296 g/mol. The number of rotatable bonds is 9. The molecule has 0 spiro atoms. The smallest absolute Gasteiger partial charge is 0.250 e. The van der Waals surface area contributed by atoms with Gasteiger partial charge in [0.25, 0.3) is 0 Å². The number of hydrogen-bond donors (Lipinski definition) is 2. The summed E-state index contributed by atoms with van der Waals surface area (Å²) in [5, 5.41) is 3.42. The van der Waals surface area contributed by atoms with Gasteiger partial charge in [0.15, 0.2) is 0 Å². The van der Waals surface area contributed by atoms with Gasteiger partial charge >= 0.3 is 0 Å². The summed E-state index contributed by atoms with van der Waals surface area (Å²) in [6, 6.07) is 2.39. The van der Waals surface area contributed by atoms with Gasteiger partial charge in [-0.15, -0.1) is 11.3 Å². The Hall–Kier alpha value is -0.470. The van der Waals surface area contributed by atoms with Crippen LogP contribution in [0.5, 0.6) is 0 Å². The highest BCUT2D eigenvalue weighted by molar-refractivity contribution is 7.91. The van der Waals surface area contributed by atoms with Crippen LogP contribution in [0.25, 0.3) is 0 Å². The van der Waals surface area contributed by atoms with Crippen molar-refractivity contribution < 1.29 is 13.2 Å². The molecule has 1 aliphatic carbocycles. The SMILES string of the molecule is COCCCNS(=O)(=O)c1cc(C)c(CNC2CC2)s1. The Labute approximate surface area is 124 Å². The molecule has 1 aromatic rings. The normalized spacial score (nSPS) is 15.7. The van der Waals surface area contributed by atoms with Crippen molar-refractivity contribution in [2.45, 2.75) is 43.0 Å². The summed E-state index contributed by atoms with van der Waals surface area (Å²) >= 11 is 1.36. The summed E-state index contributed by atoms with van der Waals surface area (Å²) in [5.41, 5.74) is 1.04. The molecule has 1 aromatic heterocycles. The van der Waals surface area contributed by atoms with Crippen molar-refractivity contribution in [3.63, 3.8) is 0 Å². The second-order valence-corrected chi connectivity index (χ2v) is 8.20. The highest BCUT2D eigenvalue weighted by atomic mass is 32.2. The fraction of sp³-hybridized carbons (Fsp3) is 0.692. The van der Waals surface area contributed by atoms with Gasteiger partial charge in [0.05, 0.1) is 0 Å². The van der Waals surface area contributed by atoms with E-state index in [1.165, 1.54) is 24.2 Å². The van der Waals surface area contributed by atoms with Gasteiger partial charge in [-0.05, 0) is 37.8 Å². The summed E-state index contributed by atoms with van der Waals surface area (Å²) in [4.78, 5) is 1.11. The number of nitrogens with one attached hydrogen (secondary N) is 2. The maximum absolute atomic E-state index is 12.1. The molecule has 0 atom stereocenters. The fourth-order valence-corrected chi connectivity index (χ4v) is 4.47. The van der Waals surface area contributed by atoms with Gasteiger partial charge < -0.3 is 10.1 Å². The minimum absolute atomic E-state index is 0.403. The Bertz CT molecular complexity index is 536. The molecule has 114 valence electrons. The van der Waals surface area contributed by atoms with Crippen LogP contribution in [0.3, 0.4) is 0 Å². The lowest BCUT2D eigenvalue weighted by molar-refractivity contribution is 0.196. The highest BCUT2D eigenvalue weighted by Gasteiger charge is 2.22. The van der Waals surface area contributed by atoms with E-state index in [2.05, 4.69) is 10.0 Å². The third-order valence-electron chi connectivity index (χ3n) is 3.21. The van der Waals surface area contributed by atoms with Crippen LogP contribution in [0.15, 0.2) is 10.3 Å². The quantitative estimate of drug-likeness (QED) is 0.679. The summed E-state index contributed by atoms with van der Waals surface area (Å²) in [5.74, 6) is 0. The van der Waals surface area contributed by atoms with Crippen molar-refractivity contribution in [3.05, 3.63) is 16.5 Å². The van der Waals surface area contributed by atoms with E-state index < -0.39 is 10.0 Å². The first-order valence-corrected chi connectivity index (χ1v) is 9.14. The van der Waals surface area contributed by atoms with Crippen LogP contribution < -0.4 is 10.0 Å². The predicted molar refractivity (Wildman–Crippen MR) is 80.6 cm³/mol. The zero-order valence-corrected chi connectivity index (χ0v) is 13.6. The third kappa shape index (κ3) is 4.53. The van der Waals surface area contributed by atoms with Crippen molar-refractivity contribution in [2.75, 3.05) is 20.3 Å². The van der Waals surface area contributed by atoms with E-state index in [0.29, 0.717) is 29.8 Å². The molecule has 1 heterocycles. The van der Waals surface area contributed by atoms with Crippen molar-refractivity contribution >= 4 is 21.4 Å². The molecule has 1 aliphatic rings. The van der Waals surface area contributed by atoms with Crippen LogP contribution in [0.4, 0.5) is 0 Å². The van der Waals surface area contributed by atoms with E-state index >= 15 is 0 Å². The maximum Gasteiger partial charge on any atom is 0.250 e. The van der Waals surface area contributed by atoms with Gasteiger partial charge in [-0.2, -0.15) is 0 Å². The van der Waals surface area contributed by atoms with E-state index in [0.717, 1.165) is 17.0 Å². The van der Waals surface area contributed by atoms with Crippen LogP contribution in [0, 0.1) is 6.92 Å². The van der Waals surface area contributed by atoms with Crippen molar-refractivity contribution in [2.24, 2.45) is 0 Å². The first-order chi connectivity index (χ1) is 9.53. The third-order valence-corrected chi connectivity index (χ3v) is 6.38. The molecule has 0 bridgehead atoms. The lowest BCUT2D eigenvalue weighted by Gasteiger charge is -2.04. The molecule has 0 amide bonds. The minimum Gasteiger partial charge on any atom is -0.385 e. The molecule has 5 nitrogen and oxygen atoms in total. The maximum atomic E-state index is 12.1. The van der Waals surface area contributed by atoms with Gasteiger partial charge in [0, 0.05) is 37.7 Å². The zero-order chi connectivity index (χ0) is 14.6. The second kappa shape index (κ2) is 7.00. The van der Waals surface area contributed by atoms with E-state index in [-0.39, 0.29) is 0 Å². The molecule has 0 radical (unpaired) electrons. The number of aryl methyl sites for hydroxylation is 1. The van der Waals surface area contributed by atoms with Crippen molar-refractivity contribution in [3.8, 4) is 0 Å². The number of thiophene rings is 1. The van der Waals surface area contributed by atoms with Crippen LogP contribution in [0.1, 0.15) is 29.7 Å². The van der Waals surface area contributed by atoms with Crippen molar-refractivity contribution in [1.29, 1.82) is 0 Å². The number of sulfonamides is 1. The average molecular weight is 318 g/mol. The van der Waals surface area contributed by atoms with Gasteiger partial charge in [0.1, 0.15) is 4.21 Å². The Kier molecular flexibility index (Phi) is 5.57.